The number of nitrogens with one attached hydrogen (secondary N) is 1. The van der Waals surface area contributed by atoms with Crippen molar-refractivity contribution in [3.63, 3.8) is 0 Å². The molecule has 5 aromatic carbocycles. The van der Waals surface area contributed by atoms with Crippen molar-refractivity contribution in [3.8, 4) is 28.4 Å². The van der Waals surface area contributed by atoms with Crippen molar-refractivity contribution in [2.75, 3.05) is 11.8 Å². The molecule has 5 aromatic rings. The van der Waals surface area contributed by atoms with E-state index in [4.69, 9.17) is 4.74 Å². The molecule has 7 heteroatoms. The van der Waals surface area contributed by atoms with Crippen LogP contribution in [0.15, 0.2) is 95.9 Å². The Labute approximate surface area is 196 Å². The first-order valence-electron chi connectivity index (χ1n) is 10.5. The van der Waals surface area contributed by atoms with E-state index >= 15 is 0 Å². The number of aromatic hydroxyl groups is 2. The molecule has 0 fully saturated rings. The van der Waals surface area contributed by atoms with Crippen LogP contribution in [0.1, 0.15) is 0 Å². The first-order valence-corrected chi connectivity index (χ1v) is 12.0. The maximum Gasteiger partial charge on any atom is 0.261 e. The van der Waals surface area contributed by atoms with Gasteiger partial charge in [-0.2, -0.15) is 0 Å². The Hall–Kier alpha value is -4.23. The standard InChI is InChI=1S/C27H21NO5S/c1-33-18-11-13-19(14-12-18)34(31,32)28-24-16-25(29)26(22-9-5-4-8-21(22)24)23-15-10-17-6-2-3-7-20(17)27(23)30/h2-16,28-30H,1H3. The van der Waals surface area contributed by atoms with Gasteiger partial charge in [-0.1, -0.05) is 54.6 Å². The van der Waals surface area contributed by atoms with Gasteiger partial charge in [-0.05, 0) is 41.1 Å². The minimum atomic E-state index is -3.93. The Balaban J connectivity index is 1.66. The number of phenols is 2. The van der Waals surface area contributed by atoms with Gasteiger partial charge >= 0.3 is 0 Å². The summed E-state index contributed by atoms with van der Waals surface area (Å²) in [4.78, 5) is 0.0631. The van der Waals surface area contributed by atoms with Crippen LogP contribution >= 0.6 is 0 Å². The molecule has 170 valence electrons. The lowest BCUT2D eigenvalue weighted by molar-refractivity contribution is 0.414. The molecule has 0 bridgehead atoms. The van der Waals surface area contributed by atoms with E-state index in [1.54, 1.807) is 42.5 Å². The molecule has 0 atom stereocenters. The number of ether oxygens (including phenoxy) is 1. The van der Waals surface area contributed by atoms with Crippen molar-refractivity contribution >= 4 is 37.3 Å². The fourth-order valence-electron chi connectivity index (χ4n) is 4.14. The minimum absolute atomic E-state index is 0.0464. The molecule has 6 nitrogen and oxygen atoms in total. The second kappa shape index (κ2) is 8.28. The zero-order valence-corrected chi connectivity index (χ0v) is 19.0. The Kier molecular flexibility index (Phi) is 5.26. The summed E-state index contributed by atoms with van der Waals surface area (Å²) >= 11 is 0. The first kappa shape index (κ1) is 21.6. The zero-order valence-electron chi connectivity index (χ0n) is 18.2. The molecule has 5 rings (SSSR count). The Morgan fingerprint density at radius 2 is 1.41 bits per heavy atom. The predicted molar refractivity (Wildman–Crippen MR) is 134 cm³/mol. The number of hydrogen-bond acceptors (Lipinski definition) is 5. The van der Waals surface area contributed by atoms with Crippen molar-refractivity contribution in [1.29, 1.82) is 0 Å². The number of phenolic OH excluding ortho intramolecular Hbond substituents is 2. The van der Waals surface area contributed by atoms with E-state index in [1.165, 1.54) is 25.3 Å². The van der Waals surface area contributed by atoms with Gasteiger partial charge in [0.25, 0.3) is 10.0 Å². The minimum Gasteiger partial charge on any atom is -0.507 e. The highest BCUT2D eigenvalue weighted by molar-refractivity contribution is 7.92. The third-order valence-electron chi connectivity index (χ3n) is 5.81. The summed E-state index contributed by atoms with van der Waals surface area (Å²) in [5.74, 6) is 0.434. The smallest absolute Gasteiger partial charge is 0.261 e. The highest BCUT2D eigenvalue weighted by Gasteiger charge is 2.21. The highest BCUT2D eigenvalue weighted by Crippen LogP contribution is 2.45. The lowest BCUT2D eigenvalue weighted by Gasteiger charge is -2.17. The number of sulfonamides is 1. The Bertz CT molecular complexity index is 1640. The van der Waals surface area contributed by atoms with E-state index < -0.39 is 10.0 Å². The van der Waals surface area contributed by atoms with Crippen LogP contribution in [0.5, 0.6) is 17.2 Å². The van der Waals surface area contributed by atoms with Crippen LogP contribution in [0.4, 0.5) is 5.69 Å². The van der Waals surface area contributed by atoms with Gasteiger partial charge in [-0.15, -0.1) is 0 Å². The Morgan fingerprint density at radius 3 is 2.12 bits per heavy atom. The summed E-state index contributed by atoms with van der Waals surface area (Å²) in [6.07, 6.45) is 0. The van der Waals surface area contributed by atoms with Gasteiger partial charge in [0, 0.05) is 28.0 Å². The second-order valence-electron chi connectivity index (χ2n) is 7.83. The normalized spacial score (nSPS) is 11.6. The van der Waals surface area contributed by atoms with Crippen molar-refractivity contribution < 1.29 is 23.4 Å². The maximum absolute atomic E-state index is 13.0. The summed E-state index contributed by atoms with van der Waals surface area (Å²) in [5.41, 5.74) is 1.11. The van der Waals surface area contributed by atoms with Crippen molar-refractivity contribution in [3.05, 3.63) is 91.0 Å². The monoisotopic (exact) mass is 471 g/mol. The highest BCUT2D eigenvalue weighted by atomic mass is 32.2. The summed E-state index contributed by atoms with van der Waals surface area (Å²) in [6, 6.07) is 25.6. The van der Waals surface area contributed by atoms with Crippen molar-refractivity contribution in [2.45, 2.75) is 4.90 Å². The molecule has 0 aromatic heterocycles. The van der Waals surface area contributed by atoms with Crippen LogP contribution < -0.4 is 9.46 Å². The third kappa shape index (κ3) is 3.66. The fourth-order valence-corrected chi connectivity index (χ4v) is 5.21. The largest absolute Gasteiger partial charge is 0.507 e. The maximum atomic E-state index is 13.0. The van der Waals surface area contributed by atoms with E-state index in [2.05, 4.69) is 4.72 Å². The van der Waals surface area contributed by atoms with Crippen LogP contribution in [0, 0.1) is 0 Å². The first-order chi connectivity index (χ1) is 16.4. The summed E-state index contributed by atoms with van der Waals surface area (Å²) < 4.78 is 33.8. The lowest BCUT2D eigenvalue weighted by atomic mass is 9.93. The number of hydrogen-bond donors (Lipinski definition) is 3. The van der Waals surface area contributed by atoms with Gasteiger partial charge in [-0.3, -0.25) is 4.72 Å². The third-order valence-corrected chi connectivity index (χ3v) is 7.19. The quantitative estimate of drug-likeness (QED) is 0.297. The van der Waals surface area contributed by atoms with Gasteiger partial charge in [0.1, 0.15) is 17.2 Å². The Morgan fingerprint density at radius 1 is 0.765 bits per heavy atom. The van der Waals surface area contributed by atoms with E-state index in [-0.39, 0.29) is 22.1 Å². The number of anilines is 1. The van der Waals surface area contributed by atoms with E-state index in [1.807, 2.05) is 30.3 Å². The van der Waals surface area contributed by atoms with Crippen molar-refractivity contribution in [2.24, 2.45) is 0 Å². The van der Waals surface area contributed by atoms with E-state index in [9.17, 15) is 18.6 Å². The van der Waals surface area contributed by atoms with E-state index in [0.29, 0.717) is 33.0 Å². The molecule has 34 heavy (non-hydrogen) atoms. The number of rotatable bonds is 5. The van der Waals surface area contributed by atoms with Gasteiger partial charge in [0.15, 0.2) is 0 Å². The van der Waals surface area contributed by atoms with Crippen LogP contribution in [-0.4, -0.2) is 25.7 Å². The number of fused-ring (bicyclic) bond motifs is 2. The topological polar surface area (TPSA) is 95.9 Å². The number of benzene rings is 5. The van der Waals surface area contributed by atoms with Crippen LogP contribution in [0.2, 0.25) is 0 Å². The molecule has 0 aliphatic rings. The van der Waals surface area contributed by atoms with Gasteiger partial charge in [0.05, 0.1) is 17.7 Å². The second-order valence-corrected chi connectivity index (χ2v) is 9.51. The van der Waals surface area contributed by atoms with Crippen LogP contribution in [0.25, 0.3) is 32.7 Å². The molecule has 0 unspecified atom stereocenters. The lowest BCUT2D eigenvalue weighted by Crippen LogP contribution is -2.13. The molecule has 0 aliphatic heterocycles. The van der Waals surface area contributed by atoms with Crippen LogP contribution in [0.3, 0.4) is 0 Å². The molecular weight excluding hydrogens is 450 g/mol. The molecule has 0 heterocycles. The molecular formula is C27H21NO5S. The average Bonchev–Trinajstić information content (AvgIpc) is 2.85. The molecule has 0 radical (unpaired) electrons. The molecule has 0 amide bonds. The number of methoxy groups -OCH3 is 1. The molecule has 3 N–H and O–H groups in total. The SMILES string of the molecule is COc1ccc(S(=O)(=O)Nc2cc(O)c(-c3ccc4ccccc4c3O)c3ccccc23)cc1. The summed E-state index contributed by atoms with van der Waals surface area (Å²) in [7, 11) is -2.42. The zero-order chi connectivity index (χ0) is 23.9. The summed E-state index contributed by atoms with van der Waals surface area (Å²) in [5, 5.41) is 24.7. The molecule has 0 saturated heterocycles. The predicted octanol–water partition coefficient (Wildman–Crippen LogP) is 5.88. The molecule has 0 spiro atoms. The van der Waals surface area contributed by atoms with Crippen molar-refractivity contribution in [1.82, 2.24) is 0 Å². The van der Waals surface area contributed by atoms with E-state index in [0.717, 1.165) is 5.39 Å². The van der Waals surface area contributed by atoms with Crippen LogP contribution in [-0.2, 0) is 10.0 Å². The molecule has 0 aliphatic carbocycles. The van der Waals surface area contributed by atoms with Gasteiger partial charge in [0.2, 0.25) is 0 Å². The molecule has 0 saturated carbocycles. The average molecular weight is 472 g/mol. The summed E-state index contributed by atoms with van der Waals surface area (Å²) in [6.45, 7) is 0. The van der Waals surface area contributed by atoms with Gasteiger partial charge < -0.3 is 14.9 Å². The fraction of sp³-hybridized carbons (Fsp3) is 0.0370. The van der Waals surface area contributed by atoms with Gasteiger partial charge in [-0.25, -0.2) is 8.42 Å².